The maximum atomic E-state index is 12.9. The van der Waals surface area contributed by atoms with Crippen molar-refractivity contribution in [1.82, 2.24) is 4.57 Å². The molecule has 1 N–H and O–H groups in total. The van der Waals surface area contributed by atoms with Gasteiger partial charge in [-0.05, 0) is 17.2 Å². The second kappa shape index (κ2) is 5.50. The van der Waals surface area contributed by atoms with Gasteiger partial charge in [-0.15, -0.1) is 0 Å². The lowest BCUT2D eigenvalue weighted by Gasteiger charge is -2.15. The van der Waals surface area contributed by atoms with Crippen LogP contribution in [0.25, 0.3) is 0 Å². The van der Waals surface area contributed by atoms with E-state index < -0.39 is 17.4 Å². The molecule has 0 spiro atoms. The molecule has 6 heteroatoms. The lowest BCUT2D eigenvalue weighted by molar-refractivity contribution is -0.144. The van der Waals surface area contributed by atoms with E-state index >= 15 is 0 Å². The summed E-state index contributed by atoms with van der Waals surface area (Å²) in [4.78, 5) is 11.6. The molecule has 1 aromatic heterocycles. The zero-order valence-corrected chi connectivity index (χ0v) is 10.4. The van der Waals surface area contributed by atoms with Gasteiger partial charge in [-0.1, -0.05) is 30.3 Å². The minimum absolute atomic E-state index is 0.140. The molecule has 0 aliphatic carbocycles. The summed E-state index contributed by atoms with van der Waals surface area (Å²) in [5, 5.41) is 8.91. The Morgan fingerprint density at radius 3 is 2.15 bits per heavy atom. The Labute approximate surface area is 112 Å². The Balaban J connectivity index is 2.40. The number of hydrogen-bond donors (Lipinski definition) is 1. The SMILES string of the molecule is O=c1cccc(C(F)(F)F)n1Cc1ccc(CO)cc1. The van der Waals surface area contributed by atoms with E-state index in [0.29, 0.717) is 15.7 Å². The van der Waals surface area contributed by atoms with Crippen molar-refractivity contribution in [3.05, 3.63) is 69.6 Å². The number of aliphatic hydroxyl groups excluding tert-OH is 1. The van der Waals surface area contributed by atoms with E-state index in [4.69, 9.17) is 5.11 Å². The summed E-state index contributed by atoms with van der Waals surface area (Å²) in [7, 11) is 0. The molecule has 0 radical (unpaired) electrons. The molecule has 0 aliphatic heterocycles. The van der Waals surface area contributed by atoms with Crippen molar-refractivity contribution in [3.63, 3.8) is 0 Å². The smallest absolute Gasteiger partial charge is 0.392 e. The largest absolute Gasteiger partial charge is 0.431 e. The van der Waals surface area contributed by atoms with E-state index in [1.165, 1.54) is 0 Å². The summed E-state index contributed by atoms with van der Waals surface area (Å²) in [5.74, 6) is 0. The molecule has 2 aromatic rings. The maximum absolute atomic E-state index is 12.9. The van der Waals surface area contributed by atoms with Crippen LogP contribution in [0.1, 0.15) is 16.8 Å². The number of aromatic nitrogens is 1. The normalized spacial score (nSPS) is 11.6. The Morgan fingerprint density at radius 2 is 1.60 bits per heavy atom. The monoisotopic (exact) mass is 283 g/mol. The van der Waals surface area contributed by atoms with Gasteiger partial charge >= 0.3 is 6.18 Å². The number of pyridine rings is 1. The fourth-order valence-electron chi connectivity index (χ4n) is 1.86. The van der Waals surface area contributed by atoms with E-state index in [9.17, 15) is 18.0 Å². The van der Waals surface area contributed by atoms with Gasteiger partial charge in [-0.3, -0.25) is 9.36 Å². The number of benzene rings is 1. The van der Waals surface area contributed by atoms with Crippen LogP contribution >= 0.6 is 0 Å². The second-order valence-electron chi connectivity index (χ2n) is 4.31. The lowest BCUT2D eigenvalue weighted by atomic mass is 10.1. The number of aliphatic hydroxyl groups is 1. The summed E-state index contributed by atoms with van der Waals surface area (Å²) >= 11 is 0. The van der Waals surface area contributed by atoms with E-state index in [-0.39, 0.29) is 13.2 Å². The minimum atomic E-state index is -4.58. The molecule has 1 heterocycles. The van der Waals surface area contributed by atoms with Gasteiger partial charge in [-0.2, -0.15) is 13.2 Å². The van der Waals surface area contributed by atoms with Crippen LogP contribution < -0.4 is 5.56 Å². The summed E-state index contributed by atoms with van der Waals surface area (Å²) in [6.45, 7) is -0.306. The molecular formula is C14H12F3NO2. The highest BCUT2D eigenvalue weighted by Crippen LogP contribution is 2.28. The molecule has 0 amide bonds. The minimum Gasteiger partial charge on any atom is -0.392 e. The molecule has 106 valence electrons. The van der Waals surface area contributed by atoms with Gasteiger partial charge in [0.25, 0.3) is 5.56 Å². The predicted octanol–water partition coefficient (Wildman–Crippen LogP) is 2.41. The van der Waals surface area contributed by atoms with Crippen LogP contribution in [0.3, 0.4) is 0 Å². The van der Waals surface area contributed by atoms with Crippen molar-refractivity contribution >= 4 is 0 Å². The number of rotatable bonds is 3. The van der Waals surface area contributed by atoms with Crippen molar-refractivity contribution in [2.45, 2.75) is 19.3 Å². The first-order valence-electron chi connectivity index (χ1n) is 5.87. The molecule has 0 aliphatic rings. The Morgan fingerprint density at radius 1 is 1.00 bits per heavy atom. The average molecular weight is 283 g/mol. The number of alkyl halides is 3. The van der Waals surface area contributed by atoms with Gasteiger partial charge < -0.3 is 5.11 Å². The summed E-state index contributed by atoms with van der Waals surface area (Å²) in [6, 6.07) is 9.46. The summed E-state index contributed by atoms with van der Waals surface area (Å²) < 4.78 is 39.3. The topological polar surface area (TPSA) is 42.2 Å². The number of hydrogen-bond acceptors (Lipinski definition) is 2. The van der Waals surface area contributed by atoms with Crippen LogP contribution in [0.5, 0.6) is 0 Å². The van der Waals surface area contributed by atoms with Crippen LogP contribution in [-0.2, 0) is 19.3 Å². The molecule has 0 bridgehead atoms. The van der Waals surface area contributed by atoms with Crippen LogP contribution in [0.4, 0.5) is 13.2 Å². The van der Waals surface area contributed by atoms with Crippen molar-refractivity contribution in [2.24, 2.45) is 0 Å². The first-order chi connectivity index (χ1) is 9.41. The molecule has 0 saturated carbocycles. The highest BCUT2D eigenvalue weighted by Gasteiger charge is 2.34. The maximum Gasteiger partial charge on any atom is 0.431 e. The average Bonchev–Trinajstić information content (AvgIpc) is 2.40. The molecule has 0 atom stereocenters. The third-order valence-electron chi connectivity index (χ3n) is 2.89. The first kappa shape index (κ1) is 14.3. The lowest BCUT2D eigenvalue weighted by Crippen LogP contribution is -2.27. The van der Waals surface area contributed by atoms with Crippen molar-refractivity contribution in [3.8, 4) is 0 Å². The molecule has 20 heavy (non-hydrogen) atoms. The fourth-order valence-corrected chi connectivity index (χ4v) is 1.86. The van der Waals surface area contributed by atoms with Gasteiger partial charge in [0.1, 0.15) is 5.69 Å². The van der Waals surface area contributed by atoms with E-state index in [1.807, 2.05) is 0 Å². The standard InChI is InChI=1S/C14H12F3NO2/c15-14(16,17)12-2-1-3-13(20)18(12)8-10-4-6-11(9-19)7-5-10/h1-7,19H,8-9H2. The van der Waals surface area contributed by atoms with Gasteiger partial charge in [0.2, 0.25) is 0 Å². The third kappa shape index (κ3) is 3.08. The van der Waals surface area contributed by atoms with E-state index in [2.05, 4.69) is 0 Å². The predicted molar refractivity (Wildman–Crippen MR) is 67.2 cm³/mol. The molecule has 0 saturated heterocycles. The molecule has 3 nitrogen and oxygen atoms in total. The molecule has 2 rings (SSSR count). The van der Waals surface area contributed by atoms with Crippen molar-refractivity contribution in [1.29, 1.82) is 0 Å². The Kier molecular flexibility index (Phi) is 3.94. The quantitative estimate of drug-likeness (QED) is 0.940. The van der Waals surface area contributed by atoms with Crippen LogP contribution in [-0.4, -0.2) is 9.67 Å². The van der Waals surface area contributed by atoms with Crippen molar-refractivity contribution in [2.75, 3.05) is 0 Å². The highest BCUT2D eigenvalue weighted by molar-refractivity contribution is 5.23. The van der Waals surface area contributed by atoms with Crippen LogP contribution in [0.15, 0.2) is 47.3 Å². The molecule has 1 aromatic carbocycles. The van der Waals surface area contributed by atoms with Gasteiger partial charge in [0.15, 0.2) is 0 Å². The zero-order valence-electron chi connectivity index (χ0n) is 10.4. The highest BCUT2D eigenvalue weighted by atomic mass is 19.4. The zero-order chi connectivity index (χ0) is 14.8. The Bertz CT molecular complexity index is 645. The molecule has 0 unspecified atom stereocenters. The van der Waals surface area contributed by atoms with Crippen LogP contribution in [0.2, 0.25) is 0 Å². The van der Waals surface area contributed by atoms with Crippen LogP contribution in [0, 0.1) is 0 Å². The fraction of sp³-hybridized carbons (Fsp3) is 0.214. The van der Waals surface area contributed by atoms with Gasteiger partial charge in [0.05, 0.1) is 13.2 Å². The Hall–Kier alpha value is -2.08. The van der Waals surface area contributed by atoms with E-state index in [1.54, 1.807) is 24.3 Å². The van der Waals surface area contributed by atoms with Gasteiger partial charge in [0, 0.05) is 6.07 Å². The second-order valence-corrected chi connectivity index (χ2v) is 4.31. The van der Waals surface area contributed by atoms with E-state index in [0.717, 1.165) is 18.2 Å². The first-order valence-corrected chi connectivity index (χ1v) is 5.87. The molecule has 0 fully saturated rings. The number of halogens is 3. The number of nitrogens with zero attached hydrogens (tertiary/aromatic N) is 1. The summed E-state index contributed by atoms with van der Waals surface area (Å²) in [5.41, 5.74) is -0.464. The van der Waals surface area contributed by atoms with Crippen molar-refractivity contribution < 1.29 is 18.3 Å². The summed E-state index contributed by atoms with van der Waals surface area (Å²) in [6.07, 6.45) is -4.58. The van der Waals surface area contributed by atoms with Gasteiger partial charge in [-0.25, -0.2) is 0 Å². The molecular weight excluding hydrogens is 271 g/mol. The third-order valence-corrected chi connectivity index (χ3v) is 2.89.